The summed E-state index contributed by atoms with van der Waals surface area (Å²) in [7, 11) is 0. The summed E-state index contributed by atoms with van der Waals surface area (Å²) in [5.74, 6) is 0. The normalized spacial score (nSPS) is 11.2. The molecule has 2 aromatic heterocycles. The molecule has 0 aliphatic carbocycles. The Balaban J connectivity index is 1.79. The van der Waals surface area contributed by atoms with Crippen LogP contribution in [0, 0.1) is 0 Å². The summed E-state index contributed by atoms with van der Waals surface area (Å²) in [5.41, 5.74) is 2.23. The predicted octanol–water partition coefficient (Wildman–Crippen LogP) is 2.65. The van der Waals surface area contributed by atoms with Gasteiger partial charge in [-0.15, -0.1) is 11.3 Å². The SMILES string of the molecule is CCNCc1nc(Cn2ncc3ccccc32)cs1. The molecule has 0 radical (unpaired) electrons. The Hall–Kier alpha value is -1.72. The zero-order chi connectivity index (χ0) is 13.1. The number of benzene rings is 1. The van der Waals surface area contributed by atoms with Gasteiger partial charge in [0.15, 0.2) is 0 Å². The van der Waals surface area contributed by atoms with Crippen molar-refractivity contribution in [2.75, 3.05) is 6.54 Å². The van der Waals surface area contributed by atoms with Gasteiger partial charge < -0.3 is 5.32 Å². The van der Waals surface area contributed by atoms with Gasteiger partial charge in [0.2, 0.25) is 0 Å². The van der Waals surface area contributed by atoms with E-state index in [9.17, 15) is 0 Å². The smallest absolute Gasteiger partial charge is 0.107 e. The van der Waals surface area contributed by atoms with Gasteiger partial charge in [0.05, 0.1) is 24.0 Å². The lowest BCUT2D eigenvalue weighted by atomic mass is 10.2. The number of para-hydroxylation sites is 1. The third-order valence-electron chi connectivity index (χ3n) is 2.99. The quantitative estimate of drug-likeness (QED) is 0.776. The summed E-state index contributed by atoms with van der Waals surface area (Å²) in [5, 5.41) is 12.1. The van der Waals surface area contributed by atoms with Crippen LogP contribution < -0.4 is 5.32 Å². The lowest BCUT2D eigenvalue weighted by Gasteiger charge is -2.00. The van der Waals surface area contributed by atoms with Crippen LogP contribution >= 0.6 is 11.3 Å². The Bertz CT molecular complexity index is 671. The van der Waals surface area contributed by atoms with Gasteiger partial charge in [-0.05, 0) is 12.6 Å². The van der Waals surface area contributed by atoms with Crippen LogP contribution in [0.3, 0.4) is 0 Å². The monoisotopic (exact) mass is 272 g/mol. The Morgan fingerprint density at radius 1 is 1.32 bits per heavy atom. The molecule has 0 amide bonds. The molecule has 19 heavy (non-hydrogen) atoms. The molecular formula is C14H16N4S. The molecule has 1 N–H and O–H groups in total. The number of nitrogens with one attached hydrogen (secondary N) is 1. The summed E-state index contributed by atoms with van der Waals surface area (Å²) >= 11 is 1.70. The van der Waals surface area contributed by atoms with Gasteiger partial charge in [0.25, 0.3) is 0 Å². The van der Waals surface area contributed by atoms with Crippen LogP contribution in [0.5, 0.6) is 0 Å². The van der Waals surface area contributed by atoms with E-state index in [-0.39, 0.29) is 0 Å². The van der Waals surface area contributed by atoms with Crippen LogP contribution in [0.2, 0.25) is 0 Å². The first kappa shape index (κ1) is 12.3. The zero-order valence-corrected chi connectivity index (χ0v) is 11.7. The van der Waals surface area contributed by atoms with Crippen molar-refractivity contribution in [2.45, 2.75) is 20.0 Å². The van der Waals surface area contributed by atoms with Crippen molar-refractivity contribution < 1.29 is 0 Å². The highest BCUT2D eigenvalue weighted by molar-refractivity contribution is 7.09. The molecule has 0 saturated heterocycles. The van der Waals surface area contributed by atoms with E-state index in [1.165, 1.54) is 5.39 Å². The van der Waals surface area contributed by atoms with Gasteiger partial charge in [-0.2, -0.15) is 5.10 Å². The highest BCUT2D eigenvalue weighted by Crippen LogP contribution is 2.16. The summed E-state index contributed by atoms with van der Waals surface area (Å²) in [6.07, 6.45) is 1.90. The molecule has 0 aliphatic rings. The number of hydrogen-bond acceptors (Lipinski definition) is 4. The molecule has 4 nitrogen and oxygen atoms in total. The van der Waals surface area contributed by atoms with Crippen LogP contribution in [0.4, 0.5) is 0 Å². The van der Waals surface area contributed by atoms with Gasteiger partial charge >= 0.3 is 0 Å². The maximum absolute atomic E-state index is 4.62. The second-order valence-electron chi connectivity index (χ2n) is 4.37. The van der Waals surface area contributed by atoms with E-state index in [2.05, 4.69) is 39.8 Å². The molecule has 0 unspecified atom stereocenters. The average Bonchev–Trinajstić information content (AvgIpc) is 3.05. The molecule has 5 heteroatoms. The second-order valence-corrected chi connectivity index (χ2v) is 5.32. The molecule has 0 saturated carbocycles. The van der Waals surface area contributed by atoms with E-state index in [1.54, 1.807) is 11.3 Å². The molecule has 98 valence electrons. The summed E-state index contributed by atoms with van der Waals surface area (Å²) < 4.78 is 2.00. The molecule has 3 aromatic rings. The van der Waals surface area contributed by atoms with E-state index in [0.29, 0.717) is 0 Å². The fourth-order valence-corrected chi connectivity index (χ4v) is 2.79. The van der Waals surface area contributed by atoms with Crippen molar-refractivity contribution in [3.05, 3.63) is 46.5 Å². The standard InChI is InChI=1S/C14H16N4S/c1-2-15-8-14-17-12(10-19-14)9-18-13-6-4-3-5-11(13)7-16-18/h3-7,10,15H,2,8-9H2,1H3. The highest BCUT2D eigenvalue weighted by Gasteiger charge is 2.06. The summed E-state index contributed by atoms with van der Waals surface area (Å²) in [6.45, 7) is 4.65. The van der Waals surface area contributed by atoms with Crippen molar-refractivity contribution >= 4 is 22.2 Å². The Morgan fingerprint density at radius 2 is 2.21 bits per heavy atom. The van der Waals surface area contributed by atoms with E-state index in [0.717, 1.165) is 35.9 Å². The lowest BCUT2D eigenvalue weighted by molar-refractivity contribution is 0.686. The van der Waals surface area contributed by atoms with Crippen molar-refractivity contribution in [3.63, 3.8) is 0 Å². The molecule has 0 fully saturated rings. The van der Waals surface area contributed by atoms with Gasteiger partial charge in [-0.1, -0.05) is 25.1 Å². The van der Waals surface area contributed by atoms with Crippen molar-refractivity contribution in [2.24, 2.45) is 0 Å². The molecular weight excluding hydrogens is 256 g/mol. The summed E-state index contributed by atoms with van der Waals surface area (Å²) in [6, 6.07) is 8.24. The Kier molecular flexibility index (Phi) is 3.57. The number of rotatable bonds is 5. The zero-order valence-electron chi connectivity index (χ0n) is 10.8. The fraction of sp³-hybridized carbons (Fsp3) is 0.286. The average molecular weight is 272 g/mol. The molecule has 0 bridgehead atoms. The number of thiazole rings is 1. The van der Waals surface area contributed by atoms with Crippen molar-refractivity contribution in [1.29, 1.82) is 0 Å². The van der Waals surface area contributed by atoms with Gasteiger partial charge in [-0.3, -0.25) is 4.68 Å². The predicted molar refractivity (Wildman–Crippen MR) is 78.3 cm³/mol. The van der Waals surface area contributed by atoms with E-state index < -0.39 is 0 Å². The molecule has 0 spiro atoms. The van der Waals surface area contributed by atoms with E-state index >= 15 is 0 Å². The summed E-state index contributed by atoms with van der Waals surface area (Å²) in [4.78, 5) is 4.62. The van der Waals surface area contributed by atoms with Gasteiger partial charge in [0, 0.05) is 17.3 Å². The van der Waals surface area contributed by atoms with Crippen LogP contribution in [0.1, 0.15) is 17.6 Å². The van der Waals surface area contributed by atoms with Crippen LogP contribution in [0.25, 0.3) is 10.9 Å². The first-order valence-electron chi connectivity index (χ1n) is 6.41. The first-order chi connectivity index (χ1) is 9.36. The molecule has 1 aromatic carbocycles. The third-order valence-corrected chi connectivity index (χ3v) is 3.89. The maximum Gasteiger partial charge on any atom is 0.107 e. The minimum absolute atomic E-state index is 0.732. The van der Waals surface area contributed by atoms with Crippen molar-refractivity contribution in [1.82, 2.24) is 20.1 Å². The van der Waals surface area contributed by atoms with E-state index in [1.807, 2.05) is 23.0 Å². The fourth-order valence-electron chi connectivity index (χ4n) is 2.04. The number of nitrogens with zero attached hydrogens (tertiary/aromatic N) is 3. The Labute approximate surface area is 116 Å². The number of fused-ring (bicyclic) bond motifs is 1. The van der Waals surface area contributed by atoms with Crippen LogP contribution in [0.15, 0.2) is 35.8 Å². The third kappa shape index (κ3) is 2.67. The van der Waals surface area contributed by atoms with Gasteiger partial charge in [0.1, 0.15) is 5.01 Å². The first-order valence-corrected chi connectivity index (χ1v) is 7.29. The van der Waals surface area contributed by atoms with Gasteiger partial charge in [-0.25, -0.2) is 4.98 Å². The molecule has 0 atom stereocenters. The number of aromatic nitrogens is 3. The van der Waals surface area contributed by atoms with Crippen LogP contribution in [-0.4, -0.2) is 21.3 Å². The number of hydrogen-bond donors (Lipinski definition) is 1. The molecule has 2 heterocycles. The topological polar surface area (TPSA) is 42.7 Å². The lowest BCUT2D eigenvalue weighted by Crippen LogP contribution is -2.11. The van der Waals surface area contributed by atoms with E-state index in [4.69, 9.17) is 0 Å². The van der Waals surface area contributed by atoms with Crippen molar-refractivity contribution in [3.8, 4) is 0 Å². The molecule has 3 rings (SSSR count). The maximum atomic E-state index is 4.62. The van der Waals surface area contributed by atoms with Crippen LogP contribution in [-0.2, 0) is 13.1 Å². The minimum Gasteiger partial charge on any atom is -0.311 e. The Morgan fingerprint density at radius 3 is 3.11 bits per heavy atom. The minimum atomic E-state index is 0.732. The second kappa shape index (κ2) is 5.50. The largest absolute Gasteiger partial charge is 0.311 e. The highest BCUT2D eigenvalue weighted by atomic mass is 32.1. The molecule has 0 aliphatic heterocycles.